The highest BCUT2D eigenvalue weighted by Crippen LogP contribution is 2.34. The molecule has 10 atom stereocenters. The van der Waals surface area contributed by atoms with Gasteiger partial charge in [0.05, 0.1) is 0 Å². The fourth-order valence-corrected chi connectivity index (χ4v) is 4.59. The van der Waals surface area contributed by atoms with Crippen molar-refractivity contribution in [3.8, 4) is 0 Å². The summed E-state index contributed by atoms with van der Waals surface area (Å²) in [6.07, 6.45) is -14.2. The van der Waals surface area contributed by atoms with Crippen LogP contribution in [0.2, 0.25) is 0 Å². The summed E-state index contributed by atoms with van der Waals surface area (Å²) in [5.41, 5.74) is 0. The van der Waals surface area contributed by atoms with Gasteiger partial charge in [0, 0.05) is 48.5 Å². The Kier molecular flexibility index (Phi) is 13.4. The molecule has 18 heteroatoms. The molecule has 0 aromatic heterocycles. The van der Waals surface area contributed by atoms with E-state index >= 15 is 0 Å². The number of carbonyl (C=O) groups is 7. The highest BCUT2D eigenvalue weighted by atomic mass is 16.8. The zero-order valence-corrected chi connectivity index (χ0v) is 25.2. The second-order valence-electron chi connectivity index (χ2n) is 9.84. The lowest BCUT2D eigenvalue weighted by atomic mass is 9.95. The predicted molar refractivity (Wildman–Crippen MR) is 138 cm³/mol. The van der Waals surface area contributed by atoms with E-state index in [9.17, 15) is 38.7 Å². The standard InChI is InChI=1S/C26H37NO17/c1-10(28)27-19-22(39-14(5)32)20(17(42-25(19)35)8-36-11(2)29)44-26-24(41-16(7)34)23(40-15(6)33)21(38-13(4)31)18(43-26)9-37-12(3)30/h17-26,35H,8-9H2,1-7H3,(H,27,28). The molecule has 0 saturated carbocycles. The quantitative estimate of drug-likeness (QED) is 0.188. The number of carbonyl (C=O) groups excluding carboxylic acids is 7. The van der Waals surface area contributed by atoms with Gasteiger partial charge in [0.1, 0.15) is 37.6 Å². The van der Waals surface area contributed by atoms with Gasteiger partial charge in [-0.3, -0.25) is 33.6 Å². The largest absolute Gasteiger partial charge is 0.463 e. The summed E-state index contributed by atoms with van der Waals surface area (Å²) in [4.78, 5) is 83.6. The SMILES string of the molecule is CC(=O)NC1C(O)OC(COC(C)=O)C(OC2OC(COC(C)=O)C(OC(C)=O)C(OC(C)=O)C2OC(C)=O)C1OC(C)=O. The average Bonchev–Trinajstić information content (AvgIpc) is 2.87. The third-order valence-electron chi connectivity index (χ3n) is 6.03. The Morgan fingerprint density at radius 3 is 1.45 bits per heavy atom. The van der Waals surface area contributed by atoms with Gasteiger partial charge in [0.15, 0.2) is 37.0 Å². The van der Waals surface area contributed by atoms with Crippen LogP contribution in [-0.4, -0.2) is 121 Å². The van der Waals surface area contributed by atoms with Gasteiger partial charge in [-0.25, -0.2) is 0 Å². The van der Waals surface area contributed by atoms with Crippen LogP contribution < -0.4 is 5.32 Å². The molecule has 2 N–H and O–H groups in total. The van der Waals surface area contributed by atoms with E-state index in [2.05, 4.69) is 5.32 Å². The molecular weight excluding hydrogens is 598 g/mol. The maximum Gasteiger partial charge on any atom is 0.303 e. The van der Waals surface area contributed by atoms with Crippen molar-refractivity contribution in [3.05, 3.63) is 0 Å². The molecule has 10 unspecified atom stereocenters. The molecule has 0 radical (unpaired) electrons. The molecule has 0 bridgehead atoms. The van der Waals surface area contributed by atoms with Gasteiger partial charge in [-0.05, 0) is 0 Å². The first-order valence-corrected chi connectivity index (χ1v) is 13.4. The molecule has 2 aliphatic heterocycles. The number of hydrogen-bond donors (Lipinski definition) is 2. The number of amides is 1. The minimum absolute atomic E-state index is 0.559. The summed E-state index contributed by atoms with van der Waals surface area (Å²) in [7, 11) is 0. The van der Waals surface area contributed by atoms with Crippen molar-refractivity contribution >= 4 is 41.7 Å². The second kappa shape index (κ2) is 16.3. The van der Waals surface area contributed by atoms with Gasteiger partial charge in [-0.1, -0.05) is 0 Å². The number of aliphatic hydroxyl groups excluding tert-OH is 1. The summed E-state index contributed by atoms with van der Waals surface area (Å²) < 4.78 is 49.2. The first-order valence-electron chi connectivity index (χ1n) is 13.4. The number of rotatable bonds is 11. The molecule has 2 fully saturated rings. The van der Waals surface area contributed by atoms with E-state index in [1.54, 1.807) is 0 Å². The molecule has 0 spiro atoms. The molecule has 248 valence electrons. The van der Waals surface area contributed by atoms with Crippen LogP contribution in [0.3, 0.4) is 0 Å². The summed E-state index contributed by atoms with van der Waals surface area (Å²) in [6.45, 7) is 6.33. The van der Waals surface area contributed by atoms with Crippen LogP contribution >= 0.6 is 0 Å². The highest BCUT2D eigenvalue weighted by molar-refractivity contribution is 5.73. The fourth-order valence-electron chi connectivity index (χ4n) is 4.59. The van der Waals surface area contributed by atoms with Gasteiger partial charge in [0.25, 0.3) is 0 Å². The number of ether oxygens (including phenoxy) is 9. The van der Waals surface area contributed by atoms with E-state index in [1.165, 1.54) is 0 Å². The van der Waals surface area contributed by atoms with E-state index in [0.29, 0.717) is 0 Å². The van der Waals surface area contributed by atoms with Crippen LogP contribution in [-0.2, 0) is 76.2 Å². The number of nitrogens with one attached hydrogen (secondary N) is 1. The van der Waals surface area contributed by atoms with Crippen LogP contribution in [0.4, 0.5) is 0 Å². The van der Waals surface area contributed by atoms with Gasteiger partial charge in [-0.2, -0.15) is 0 Å². The summed E-state index contributed by atoms with van der Waals surface area (Å²) in [5.74, 6) is -5.68. The third kappa shape index (κ3) is 10.7. The molecular formula is C26H37NO17. The molecule has 0 aliphatic carbocycles. The Morgan fingerprint density at radius 1 is 0.568 bits per heavy atom. The van der Waals surface area contributed by atoms with Crippen LogP contribution in [0.1, 0.15) is 48.5 Å². The van der Waals surface area contributed by atoms with Crippen LogP contribution in [0, 0.1) is 0 Å². The Morgan fingerprint density at radius 2 is 1.00 bits per heavy atom. The highest BCUT2D eigenvalue weighted by Gasteiger charge is 2.56. The maximum absolute atomic E-state index is 12.2. The Labute approximate surface area is 251 Å². The molecule has 1 amide bonds. The predicted octanol–water partition coefficient (Wildman–Crippen LogP) is -1.83. The Bertz CT molecular complexity index is 1090. The van der Waals surface area contributed by atoms with Gasteiger partial charge < -0.3 is 53.1 Å². The Hall–Kier alpha value is -3.87. The summed E-state index contributed by atoms with van der Waals surface area (Å²) in [5, 5.41) is 13.1. The first kappa shape index (κ1) is 36.3. The van der Waals surface area contributed by atoms with Crippen LogP contribution in [0.15, 0.2) is 0 Å². The van der Waals surface area contributed by atoms with Gasteiger partial charge in [-0.15, -0.1) is 0 Å². The first-order chi connectivity index (χ1) is 20.5. The molecule has 0 aromatic carbocycles. The van der Waals surface area contributed by atoms with Crippen molar-refractivity contribution in [3.63, 3.8) is 0 Å². The summed E-state index contributed by atoms with van der Waals surface area (Å²) >= 11 is 0. The normalized spacial score (nSPS) is 31.5. The van der Waals surface area contributed by atoms with Crippen LogP contribution in [0.25, 0.3) is 0 Å². The van der Waals surface area contributed by atoms with Crippen LogP contribution in [0.5, 0.6) is 0 Å². The topological polar surface area (TPSA) is 235 Å². The van der Waals surface area contributed by atoms with E-state index in [4.69, 9.17) is 42.6 Å². The number of hydrogen-bond acceptors (Lipinski definition) is 17. The number of esters is 6. The van der Waals surface area contributed by atoms with Gasteiger partial charge in [0.2, 0.25) is 5.91 Å². The average molecular weight is 636 g/mol. The Balaban J connectivity index is 2.66. The lowest BCUT2D eigenvalue weighted by molar-refractivity contribution is -0.347. The van der Waals surface area contributed by atoms with E-state index in [1.807, 2.05) is 0 Å². The van der Waals surface area contributed by atoms with E-state index in [-0.39, 0.29) is 0 Å². The molecule has 2 aliphatic rings. The summed E-state index contributed by atoms with van der Waals surface area (Å²) in [6, 6.07) is -1.43. The molecule has 18 nitrogen and oxygen atoms in total. The monoisotopic (exact) mass is 635 g/mol. The molecule has 0 aromatic rings. The van der Waals surface area contributed by atoms with Crippen molar-refractivity contribution in [1.29, 1.82) is 0 Å². The lowest BCUT2D eigenvalue weighted by Crippen LogP contribution is -2.68. The molecule has 2 heterocycles. The van der Waals surface area contributed by atoms with Crippen molar-refractivity contribution in [2.24, 2.45) is 0 Å². The fraction of sp³-hybridized carbons (Fsp3) is 0.731. The maximum atomic E-state index is 12.2. The minimum atomic E-state index is -1.79. The zero-order chi connectivity index (χ0) is 33.3. The molecule has 2 rings (SSSR count). The molecule has 44 heavy (non-hydrogen) atoms. The second-order valence-corrected chi connectivity index (χ2v) is 9.84. The van der Waals surface area contributed by atoms with E-state index < -0.39 is 116 Å². The third-order valence-corrected chi connectivity index (χ3v) is 6.03. The zero-order valence-electron chi connectivity index (χ0n) is 25.2. The molecule has 2 saturated heterocycles. The number of aliphatic hydroxyl groups is 1. The van der Waals surface area contributed by atoms with Crippen molar-refractivity contribution < 1.29 is 81.3 Å². The smallest absolute Gasteiger partial charge is 0.303 e. The van der Waals surface area contributed by atoms with Crippen molar-refractivity contribution in [2.45, 2.75) is 110 Å². The minimum Gasteiger partial charge on any atom is -0.463 e. The van der Waals surface area contributed by atoms with Crippen molar-refractivity contribution in [2.75, 3.05) is 13.2 Å². The van der Waals surface area contributed by atoms with Gasteiger partial charge >= 0.3 is 35.8 Å². The van der Waals surface area contributed by atoms with E-state index in [0.717, 1.165) is 48.5 Å². The lowest BCUT2D eigenvalue weighted by Gasteiger charge is -2.48. The van der Waals surface area contributed by atoms with Crippen molar-refractivity contribution in [1.82, 2.24) is 5.32 Å².